The first-order valence-corrected chi connectivity index (χ1v) is 14.2. The van der Waals surface area contributed by atoms with Gasteiger partial charge in [0.25, 0.3) is 0 Å². The molecule has 0 aromatic rings. The Hall–Kier alpha value is -2.16. The Labute approximate surface area is 229 Å². The van der Waals surface area contributed by atoms with Crippen LogP contribution in [0.15, 0.2) is 74.5 Å². The Morgan fingerprint density at radius 3 is 2.39 bits per heavy atom. The summed E-state index contributed by atoms with van der Waals surface area (Å²) < 4.78 is 1.13. The minimum atomic E-state index is 0.355. The number of nitrogens with one attached hydrogen (secondary N) is 1. The molecule has 2 fully saturated rings. The molecule has 0 amide bonds. The van der Waals surface area contributed by atoms with Crippen molar-refractivity contribution in [1.82, 2.24) is 10.2 Å². The third-order valence-corrected chi connectivity index (χ3v) is 7.27. The van der Waals surface area contributed by atoms with E-state index in [1.807, 2.05) is 30.5 Å². The standard InChI is InChI=1S/C18H28BrN3.C13H19N/c1-5-7-10-21-14(3)17(16(19)6-2)15(4)22-12-11-20-13-18(22)8-9-18;1-4-6-7-9-13(11-14)10-12(3)8-5-2/h6-7,10,20H,5,8-9,11-13H2,1-4H3;6-7,9-10H,4-5,8H2,1-3H3/b10-7+,16-6+,17-15-,21-14+;7-6+,12-10+,13-9+. The predicted octanol–water partition coefficient (Wildman–Crippen LogP) is 8.53. The Balaban J connectivity index is 0.000000402. The zero-order valence-electron chi connectivity index (χ0n) is 23.6. The molecule has 1 spiro atoms. The van der Waals surface area contributed by atoms with Crippen molar-refractivity contribution in [3.05, 3.63) is 69.6 Å². The van der Waals surface area contributed by atoms with Gasteiger partial charge in [0.05, 0.1) is 17.2 Å². The lowest BCUT2D eigenvalue weighted by Crippen LogP contribution is -2.52. The maximum atomic E-state index is 8.85. The van der Waals surface area contributed by atoms with E-state index in [1.54, 1.807) is 0 Å². The minimum Gasteiger partial charge on any atom is -0.366 e. The van der Waals surface area contributed by atoms with E-state index in [4.69, 9.17) is 5.26 Å². The van der Waals surface area contributed by atoms with E-state index in [9.17, 15) is 0 Å². The lowest BCUT2D eigenvalue weighted by molar-refractivity contribution is 0.189. The van der Waals surface area contributed by atoms with Crippen LogP contribution in [0.2, 0.25) is 0 Å². The summed E-state index contributed by atoms with van der Waals surface area (Å²) in [5.74, 6) is 0. The van der Waals surface area contributed by atoms with Gasteiger partial charge in [-0.05, 0) is 72.0 Å². The van der Waals surface area contributed by atoms with Crippen LogP contribution >= 0.6 is 15.9 Å². The number of nitrogens with zero attached hydrogens (tertiary/aromatic N) is 3. The van der Waals surface area contributed by atoms with Crippen LogP contribution in [-0.4, -0.2) is 35.8 Å². The zero-order chi connectivity index (χ0) is 27.0. The van der Waals surface area contributed by atoms with Gasteiger partial charge in [-0.25, -0.2) is 0 Å². The van der Waals surface area contributed by atoms with Crippen molar-refractivity contribution in [3.63, 3.8) is 0 Å². The summed E-state index contributed by atoms with van der Waals surface area (Å²) in [6, 6.07) is 2.18. The maximum Gasteiger partial charge on any atom is 0.0991 e. The molecule has 198 valence electrons. The topological polar surface area (TPSA) is 51.4 Å². The fourth-order valence-electron chi connectivity index (χ4n) is 4.34. The summed E-state index contributed by atoms with van der Waals surface area (Å²) in [7, 11) is 0. The van der Waals surface area contributed by atoms with Gasteiger partial charge in [-0.2, -0.15) is 5.26 Å². The highest BCUT2D eigenvalue weighted by Gasteiger charge is 2.49. The second-order valence-electron chi connectivity index (χ2n) is 9.47. The number of hydrogen-bond acceptors (Lipinski definition) is 4. The molecular formula is C31H47BrN4. The molecule has 0 unspecified atom stereocenters. The molecule has 5 heteroatoms. The number of halogens is 1. The van der Waals surface area contributed by atoms with Gasteiger partial charge in [0.2, 0.25) is 0 Å². The van der Waals surface area contributed by atoms with Crippen molar-refractivity contribution in [2.45, 2.75) is 92.5 Å². The van der Waals surface area contributed by atoms with E-state index >= 15 is 0 Å². The fraction of sp³-hybridized carbons (Fsp3) is 0.548. The molecule has 1 saturated heterocycles. The lowest BCUT2D eigenvalue weighted by Gasteiger charge is -2.40. The van der Waals surface area contributed by atoms with Gasteiger partial charge in [0, 0.05) is 47.3 Å². The molecule has 0 aromatic heterocycles. The van der Waals surface area contributed by atoms with Crippen LogP contribution in [0.25, 0.3) is 0 Å². The molecule has 4 nitrogen and oxygen atoms in total. The van der Waals surface area contributed by atoms with Crippen molar-refractivity contribution in [1.29, 1.82) is 5.26 Å². The Bertz CT molecular complexity index is 950. The van der Waals surface area contributed by atoms with Crippen LogP contribution in [0.1, 0.15) is 87.0 Å². The average molecular weight is 556 g/mol. The summed E-state index contributed by atoms with van der Waals surface area (Å²) >= 11 is 3.73. The molecule has 0 atom stereocenters. The number of nitriles is 1. The fourth-order valence-corrected chi connectivity index (χ4v) is 4.91. The second-order valence-corrected chi connectivity index (χ2v) is 10.3. The highest BCUT2D eigenvalue weighted by atomic mass is 79.9. The first-order valence-electron chi connectivity index (χ1n) is 13.4. The molecule has 0 radical (unpaired) electrons. The predicted molar refractivity (Wildman–Crippen MR) is 161 cm³/mol. The summed E-state index contributed by atoms with van der Waals surface area (Å²) in [5, 5.41) is 12.4. The van der Waals surface area contributed by atoms with Crippen LogP contribution in [-0.2, 0) is 0 Å². The van der Waals surface area contributed by atoms with Gasteiger partial charge in [-0.1, -0.05) is 73.0 Å². The largest absolute Gasteiger partial charge is 0.366 e. The molecule has 36 heavy (non-hydrogen) atoms. The van der Waals surface area contributed by atoms with E-state index in [0.29, 0.717) is 5.54 Å². The highest BCUT2D eigenvalue weighted by molar-refractivity contribution is 9.12. The quantitative estimate of drug-likeness (QED) is 0.167. The van der Waals surface area contributed by atoms with Gasteiger partial charge in [-0.3, -0.25) is 4.99 Å². The van der Waals surface area contributed by atoms with E-state index < -0.39 is 0 Å². The first kappa shape index (κ1) is 31.9. The van der Waals surface area contributed by atoms with Crippen molar-refractivity contribution in [2.75, 3.05) is 19.6 Å². The molecule has 1 N–H and O–H groups in total. The van der Waals surface area contributed by atoms with Gasteiger partial charge in [-0.15, -0.1) is 0 Å². The Kier molecular flexibility index (Phi) is 15.3. The SMILES string of the molecule is CC/C=C/C=C(C#N)\C=C(/C)CCC.C\C=C(Br)/C(=C(/C)N1CCNCC12CC2)C(/C)=N/C=C/CC. The monoisotopic (exact) mass is 554 g/mol. The third kappa shape index (κ3) is 10.4. The third-order valence-electron chi connectivity index (χ3n) is 6.42. The molecule has 2 rings (SSSR count). The summed E-state index contributed by atoms with van der Waals surface area (Å²) in [6.07, 6.45) is 20.7. The smallest absolute Gasteiger partial charge is 0.0991 e. The van der Waals surface area contributed by atoms with E-state index in [0.717, 1.165) is 61.1 Å². The van der Waals surface area contributed by atoms with E-state index in [1.165, 1.54) is 29.7 Å². The molecular weight excluding hydrogens is 508 g/mol. The van der Waals surface area contributed by atoms with Crippen LogP contribution in [0.5, 0.6) is 0 Å². The minimum absolute atomic E-state index is 0.355. The van der Waals surface area contributed by atoms with Crippen LogP contribution < -0.4 is 5.32 Å². The summed E-state index contributed by atoms with van der Waals surface area (Å²) in [5.41, 5.74) is 6.01. The van der Waals surface area contributed by atoms with E-state index in [2.05, 4.69) is 97.8 Å². The number of rotatable bonds is 10. The van der Waals surface area contributed by atoms with Crippen molar-refractivity contribution in [2.24, 2.45) is 4.99 Å². The maximum absolute atomic E-state index is 8.85. The molecule has 1 saturated carbocycles. The van der Waals surface area contributed by atoms with Gasteiger partial charge in [0.15, 0.2) is 0 Å². The molecule has 0 bridgehead atoms. The molecule has 0 aromatic carbocycles. The zero-order valence-corrected chi connectivity index (χ0v) is 25.2. The normalized spacial score (nSPS) is 19.4. The van der Waals surface area contributed by atoms with Crippen LogP contribution in [0.3, 0.4) is 0 Å². The average Bonchev–Trinajstić information content (AvgIpc) is 3.63. The molecule has 1 aliphatic heterocycles. The number of piperazine rings is 1. The first-order chi connectivity index (χ1) is 17.3. The number of allylic oxidation sites excluding steroid dienone is 11. The van der Waals surface area contributed by atoms with Crippen LogP contribution in [0, 0.1) is 11.3 Å². The number of aliphatic imine (C=N–C) groups is 1. The number of hydrogen-bond donors (Lipinski definition) is 1. The van der Waals surface area contributed by atoms with E-state index in [-0.39, 0.29) is 0 Å². The lowest BCUT2D eigenvalue weighted by atomic mass is 10.0. The second kappa shape index (κ2) is 17.3. The Morgan fingerprint density at radius 2 is 1.83 bits per heavy atom. The van der Waals surface area contributed by atoms with Crippen LogP contribution in [0.4, 0.5) is 0 Å². The highest BCUT2D eigenvalue weighted by Crippen LogP contribution is 2.45. The van der Waals surface area contributed by atoms with Crippen molar-refractivity contribution in [3.8, 4) is 6.07 Å². The molecule has 2 aliphatic rings. The summed E-state index contributed by atoms with van der Waals surface area (Å²) in [6.45, 7) is 18.1. The molecule has 1 heterocycles. The van der Waals surface area contributed by atoms with Crippen molar-refractivity contribution < 1.29 is 0 Å². The van der Waals surface area contributed by atoms with Crippen molar-refractivity contribution >= 4 is 21.6 Å². The van der Waals surface area contributed by atoms with Gasteiger partial charge in [0.1, 0.15) is 0 Å². The summed E-state index contributed by atoms with van der Waals surface area (Å²) in [4.78, 5) is 7.24. The van der Waals surface area contributed by atoms with Gasteiger partial charge >= 0.3 is 0 Å². The van der Waals surface area contributed by atoms with Gasteiger partial charge < -0.3 is 10.2 Å². The Morgan fingerprint density at radius 1 is 1.14 bits per heavy atom. The molecule has 1 aliphatic carbocycles.